The maximum Gasteiger partial charge on any atom is 0.334 e. The minimum Gasteiger partial charge on any atom is -0.508 e. The van der Waals surface area contributed by atoms with Gasteiger partial charge in [-0.15, -0.1) is 0 Å². The van der Waals surface area contributed by atoms with Crippen LogP contribution in [0.2, 0.25) is 0 Å². The first kappa shape index (κ1) is 56.7. The largest absolute Gasteiger partial charge is 0.508 e. The first-order chi connectivity index (χ1) is 35.2. The molecule has 2 aliphatic heterocycles. The maximum absolute atomic E-state index is 13.4. The number of phenolic OH excluding ortho intramolecular Hbond substituents is 1. The van der Waals surface area contributed by atoms with E-state index in [2.05, 4.69) is 45.4 Å². The van der Waals surface area contributed by atoms with Gasteiger partial charge in [-0.2, -0.15) is 0 Å². The third kappa shape index (κ3) is 12.5. The molecule has 1 spiro atoms. The van der Waals surface area contributed by atoms with Gasteiger partial charge >= 0.3 is 11.9 Å². The van der Waals surface area contributed by atoms with E-state index in [1.54, 1.807) is 58.2 Å². The Morgan fingerprint density at radius 2 is 1.42 bits per heavy atom. The standard InChI is InChI=1S/C37H54N6O9.C18H21NO3/c1-7-21(5)30(39)35(48)41-28(34(47)42-31(20(3)4)36(49)50)18-24-11-15-26(16-12-24)52-37(51)32(22(6)8-2)43-33(46)27(40-29(45)19-38)17-23-9-13-25(44)14-10-23;1-19-8-7-18-11-4-5-13(20)17(18)22-16-14(21-2)6-3-10(15(16)18)9-12(11)19/h9-16,20-22,27-28,30-32,44H,7-8,17-19,38-39H2,1-6H3,(H,40,45)(H,41,48)(H,42,47)(H,43,46)(H,49,50);3-6,10-12,15,17H,7-9H2,1-2H3/t21-,22-,27-,28-,30-,31-,32-;10?,11-,12+,15?,17-,18-/m00/s1. The lowest BCUT2D eigenvalue weighted by molar-refractivity contribution is -0.143. The van der Waals surface area contributed by atoms with Gasteiger partial charge in [0.05, 0.1) is 19.7 Å². The highest BCUT2D eigenvalue weighted by Gasteiger charge is 2.69. The number of rotatable bonds is 21. The Morgan fingerprint density at radius 3 is 1.99 bits per heavy atom. The molecule has 4 amide bonds. The summed E-state index contributed by atoms with van der Waals surface area (Å²) in [6.45, 7) is 11.3. The predicted octanol–water partition coefficient (Wildman–Crippen LogP) is 3.04. The number of hydrogen-bond donors (Lipinski definition) is 8. The number of aromatic hydroxyl groups is 1. The number of nitrogens with zero attached hydrogens (tertiary/aromatic N) is 1. The Kier molecular flexibility index (Phi) is 18.9. The number of hydrogen-bond acceptors (Lipinski definition) is 14. The Hall–Kier alpha value is -6.57. The number of carboxylic acid groups (broad SMARTS) is 1. The second-order valence-electron chi connectivity index (χ2n) is 20.7. The van der Waals surface area contributed by atoms with Crippen molar-refractivity contribution in [2.75, 3.05) is 27.2 Å². The number of esters is 1. The van der Waals surface area contributed by atoms with Crippen molar-refractivity contribution in [2.24, 2.45) is 52.4 Å². The molecular formula is C55H75N7O12. The number of carboxylic acids is 1. The molecule has 2 aromatic rings. The van der Waals surface area contributed by atoms with Gasteiger partial charge in [0.15, 0.2) is 17.6 Å². The minimum atomic E-state index is -1.21. The lowest BCUT2D eigenvalue weighted by atomic mass is 9.48. The first-order valence-corrected chi connectivity index (χ1v) is 25.7. The molecule has 74 heavy (non-hydrogen) atoms. The van der Waals surface area contributed by atoms with E-state index in [1.807, 2.05) is 26.8 Å². The third-order valence-corrected chi connectivity index (χ3v) is 15.7. The van der Waals surface area contributed by atoms with Gasteiger partial charge < -0.3 is 62.1 Å². The second kappa shape index (κ2) is 24.6. The summed E-state index contributed by atoms with van der Waals surface area (Å²) in [5.74, 6) is -2.11. The van der Waals surface area contributed by atoms with Crippen LogP contribution in [-0.2, 0) is 55.9 Å². The van der Waals surface area contributed by atoms with Crippen molar-refractivity contribution in [3.63, 3.8) is 0 Å². The summed E-state index contributed by atoms with van der Waals surface area (Å²) in [6.07, 6.45) is 11.3. The number of piperidine rings is 1. The van der Waals surface area contributed by atoms with Gasteiger partial charge in [0.2, 0.25) is 23.6 Å². The number of amides is 4. The SMILES string of the molecule is CC[C@H](C)[C@H](N)C(=O)N[C@@H](Cc1ccc(OC(=O)[C@@H](NC(=O)[C@H](Cc2ccc(O)cc2)NC(=O)CN)[C@@H](C)CC)cc1)C(=O)N[C@H](C(=O)O)C(C)C.COC1=C2O[C@H]3C(=O)C=C[C@H]4[C@H]5CC(C=C1)C2[C@@]34CCN5C. The topological polar surface area (TPSA) is 291 Å². The average Bonchev–Trinajstić information content (AvgIpc) is 3.75. The Morgan fingerprint density at radius 1 is 0.824 bits per heavy atom. The number of allylic oxidation sites excluding steroid dienone is 3. The highest BCUT2D eigenvalue weighted by atomic mass is 16.5. The zero-order valence-corrected chi connectivity index (χ0v) is 43.7. The van der Waals surface area contributed by atoms with E-state index in [9.17, 15) is 43.8 Å². The lowest BCUT2D eigenvalue weighted by Gasteiger charge is -2.59. The molecule has 2 aromatic carbocycles. The minimum absolute atomic E-state index is 0.0219. The zero-order chi connectivity index (χ0) is 54.2. The lowest BCUT2D eigenvalue weighted by Crippen LogP contribution is -2.64. The molecule has 7 rings (SSSR count). The summed E-state index contributed by atoms with van der Waals surface area (Å²) in [7, 11) is 3.91. The van der Waals surface area contributed by atoms with Gasteiger partial charge in [0.25, 0.3) is 0 Å². The summed E-state index contributed by atoms with van der Waals surface area (Å²) in [5, 5.41) is 29.7. The van der Waals surface area contributed by atoms with Crippen LogP contribution in [0.25, 0.3) is 0 Å². The van der Waals surface area contributed by atoms with E-state index < -0.39 is 71.7 Å². The highest BCUT2D eigenvalue weighted by Crippen LogP contribution is 2.66. The summed E-state index contributed by atoms with van der Waals surface area (Å²) in [5.41, 5.74) is 12.7. The third-order valence-electron chi connectivity index (χ3n) is 15.7. The van der Waals surface area contributed by atoms with Crippen LogP contribution in [0.1, 0.15) is 78.4 Å². The van der Waals surface area contributed by atoms with Crippen molar-refractivity contribution in [3.05, 3.63) is 95.5 Å². The van der Waals surface area contributed by atoms with Gasteiger partial charge in [0.1, 0.15) is 41.4 Å². The molecule has 402 valence electrons. The molecule has 13 atom stereocenters. The number of carbonyl (C=O) groups excluding carboxylic acids is 6. The van der Waals surface area contributed by atoms with Crippen LogP contribution >= 0.6 is 0 Å². The van der Waals surface area contributed by atoms with Crippen LogP contribution < -0.4 is 37.5 Å². The molecule has 19 nitrogen and oxygen atoms in total. The molecular weight excluding hydrogens is 951 g/mol. The van der Waals surface area contributed by atoms with Crippen LogP contribution in [0.4, 0.5) is 0 Å². The molecule has 0 aromatic heterocycles. The quantitative estimate of drug-likeness (QED) is 0.0659. The maximum atomic E-state index is 13.4. The van der Waals surface area contributed by atoms with Crippen LogP contribution in [0.5, 0.6) is 11.5 Å². The number of nitrogens with two attached hydrogens (primary N) is 2. The van der Waals surface area contributed by atoms with Gasteiger partial charge in [-0.25, -0.2) is 9.59 Å². The van der Waals surface area contributed by atoms with E-state index in [0.29, 0.717) is 47.8 Å². The van der Waals surface area contributed by atoms with Gasteiger partial charge in [-0.05, 0) is 97.7 Å². The van der Waals surface area contributed by atoms with E-state index in [1.165, 1.54) is 24.3 Å². The number of aliphatic carboxylic acids is 1. The van der Waals surface area contributed by atoms with Crippen LogP contribution in [-0.4, -0.2) is 126 Å². The number of carbonyl (C=O) groups is 7. The molecule has 0 radical (unpaired) electrons. The van der Waals surface area contributed by atoms with Crippen molar-refractivity contribution in [2.45, 2.75) is 122 Å². The fourth-order valence-electron chi connectivity index (χ4n) is 11.0. The Bertz CT molecular complexity index is 2480. The number of ether oxygens (including phenoxy) is 3. The van der Waals surface area contributed by atoms with E-state index in [0.717, 1.165) is 30.9 Å². The number of benzene rings is 2. The molecule has 3 aliphatic carbocycles. The van der Waals surface area contributed by atoms with Gasteiger partial charge in [0, 0.05) is 36.1 Å². The summed E-state index contributed by atoms with van der Waals surface area (Å²) in [4.78, 5) is 92.1. The molecule has 1 saturated carbocycles. The van der Waals surface area contributed by atoms with Crippen molar-refractivity contribution in [1.82, 2.24) is 26.2 Å². The van der Waals surface area contributed by atoms with Crippen molar-refractivity contribution < 1.29 is 58.0 Å². The van der Waals surface area contributed by atoms with Crippen LogP contribution in [0, 0.1) is 40.9 Å². The summed E-state index contributed by atoms with van der Waals surface area (Å²) in [6, 6.07) is 7.42. The number of likely N-dealkylation sites (tertiary alicyclic amines) is 1. The number of ketones is 1. The van der Waals surface area contributed by atoms with E-state index >= 15 is 0 Å². The summed E-state index contributed by atoms with van der Waals surface area (Å²) < 4.78 is 17.4. The van der Waals surface area contributed by atoms with Crippen LogP contribution in [0.3, 0.4) is 0 Å². The molecule has 3 fully saturated rings. The first-order valence-electron chi connectivity index (χ1n) is 25.7. The molecule has 2 unspecified atom stereocenters. The Balaban J connectivity index is 0.000000328. The van der Waals surface area contributed by atoms with Crippen LogP contribution in [0.15, 0.2) is 84.4 Å². The van der Waals surface area contributed by atoms with E-state index in [-0.39, 0.29) is 60.0 Å². The predicted molar refractivity (Wildman–Crippen MR) is 274 cm³/mol. The molecule has 10 N–H and O–H groups in total. The zero-order valence-electron chi connectivity index (χ0n) is 43.7. The monoisotopic (exact) mass is 1030 g/mol. The van der Waals surface area contributed by atoms with Crippen molar-refractivity contribution >= 4 is 41.4 Å². The van der Waals surface area contributed by atoms with E-state index in [4.69, 9.17) is 25.7 Å². The normalized spacial score (nSPS) is 25.0. The van der Waals surface area contributed by atoms with Crippen molar-refractivity contribution in [3.8, 4) is 11.5 Å². The number of methoxy groups -OCH3 is 1. The smallest absolute Gasteiger partial charge is 0.334 e. The van der Waals surface area contributed by atoms with Crippen molar-refractivity contribution in [1.29, 1.82) is 0 Å². The van der Waals surface area contributed by atoms with Gasteiger partial charge in [-0.1, -0.05) is 90.8 Å². The fraction of sp³-hybridized carbons (Fsp3) is 0.545. The highest BCUT2D eigenvalue weighted by molar-refractivity contribution is 5.96. The summed E-state index contributed by atoms with van der Waals surface area (Å²) >= 11 is 0. The molecule has 2 bridgehead atoms. The Labute approximate surface area is 433 Å². The number of phenols is 1. The molecule has 19 heteroatoms. The second-order valence-corrected chi connectivity index (χ2v) is 20.7. The fourth-order valence-corrected chi connectivity index (χ4v) is 11.0. The van der Waals surface area contributed by atoms with Gasteiger partial charge in [-0.3, -0.25) is 24.0 Å². The molecule has 2 saturated heterocycles. The average molecular weight is 1030 g/mol. The molecule has 5 aliphatic rings. The molecule has 2 heterocycles. The number of nitrogens with one attached hydrogen (secondary N) is 4.